The fourth-order valence-electron chi connectivity index (χ4n) is 4.90. The Morgan fingerprint density at radius 1 is 1.09 bits per heavy atom. The van der Waals surface area contributed by atoms with Crippen LogP contribution in [0.5, 0.6) is 5.75 Å². The maximum Gasteiger partial charge on any atom is 0.151 e. The molecule has 0 aliphatic carbocycles. The number of rotatable bonds is 5. The highest BCUT2D eigenvalue weighted by atomic mass is 16.5. The van der Waals surface area contributed by atoms with E-state index in [0.29, 0.717) is 17.5 Å². The van der Waals surface area contributed by atoms with Gasteiger partial charge in [0.2, 0.25) is 0 Å². The average Bonchev–Trinajstić information content (AvgIpc) is 3.17. The Morgan fingerprint density at radius 2 is 1.81 bits per heavy atom. The number of anilines is 2. The number of hydrogen-bond acceptors (Lipinski definition) is 7. The highest BCUT2D eigenvalue weighted by Crippen LogP contribution is 2.34. The Hall–Kier alpha value is -3.13. The number of aromatic nitrogens is 4. The van der Waals surface area contributed by atoms with Crippen molar-refractivity contribution in [2.75, 3.05) is 24.8 Å². The molecule has 0 spiro atoms. The molecule has 8 nitrogen and oxygen atoms in total. The first kappa shape index (κ1) is 22.1. The summed E-state index contributed by atoms with van der Waals surface area (Å²) < 4.78 is 7.35. The van der Waals surface area contributed by atoms with Gasteiger partial charge in [0.15, 0.2) is 5.82 Å². The highest BCUT2D eigenvalue weighted by molar-refractivity contribution is 5.69. The van der Waals surface area contributed by atoms with Crippen LogP contribution in [0.1, 0.15) is 40.5 Å². The molecule has 3 heterocycles. The van der Waals surface area contributed by atoms with Crippen LogP contribution in [0.25, 0.3) is 16.9 Å². The van der Waals surface area contributed by atoms with Gasteiger partial charge in [0.25, 0.3) is 0 Å². The van der Waals surface area contributed by atoms with Crippen LogP contribution in [-0.2, 0) is 0 Å². The summed E-state index contributed by atoms with van der Waals surface area (Å²) in [6, 6.07) is 10.3. The number of methoxy groups -OCH3 is 1. The van der Waals surface area contributed by atoms with Crippen LogP contribution in [0.4, 0.5) is 11.5 Å². The fraction of sp³-hybridized carbons (Fsp3) is 0.458. The average molecular weight is 436 g/mol. The standard InChI is InChI=1S/C24H33N7O/c1-23(2)12-18(13-24(3,4)29-23)30(5)22-10-9-20(27-28-22)19-8-7-17(11-21(19)32-6)31-15-16(25)14-26-31/h7-11,14-15,18,29H,12-13,25H2,1-6H3. The molecule has 1 aliphatic rings. The van der Waals surface area contributed by atoms with Gasteiger partial charge in [-0.3, -0.25) is 0 Å². The lowest BCUT2D eigenvalue weighted by Crippen LogP contribution is -2.62. The second-order valence-corrected chi connectivity index (χ2v) is 9.95. The molecule has 8 heteroatoms. The molecule has 1 aromatic carbocycles. The van der Waals surface area contributed by atoms with Crippen LogP contribution < -0.4 is 20.7 Å². The van der Waals surface area contributed by atoms with Crippen molar-refractivity contribution in [2.45, 2.75) is 57.7 Å². The second kappa shape index (κ2) is 8.09. The zero-order chi connectivity index (χ0) is 23.1. The van der Waals surface area contributed by atoms with Gasteiger partial charge in [0, 0.05) is 35.8 Å². The Kier molecular flexibility index (Phi) is 5.58. The van der Waals surface area contributed by atoms with Gasteiger partial charge in [-0.1, -0.05) is 0 Å². The van der Waals surface area contributed by atoms with Crippen molar-refractivity contribution in [3.63, 3.8) is 0 Å². The summed E-state index contributed by atoms with van der Waals surface area (Å²) in [6.45, 7) is 9.04. The zero-order valence-corrected chi connectivity index (χ0v) is 19.8. The van der Waals surface area contributed by atoms with Crippen LogP contribution in [-0.4, -0.2) is 51.3 Å². The quantitative estimate of drug-likeness (QED) is 0.631. The summed E-state index contributed by atoms with van der Waals surface area (Å²) in [7, 11) is 3.76. The Bertz CT molecular complexity index is 1070. The van der Waals surface area contributed by atoms with Crippen molar-refractivity contribution < 1.29 is 4.74 Å². The summed E-state index contributed by atoms with van der Waals surface area (Å²) in [5.74, 6) is 1.57. The van der Waals surface area contributed by atoms with Gasteiger partial charge in [-0.2, -0.15) is 5.10 Å². The Morgan fingerprint density at radius 3 is 2.38 bits per heavy atom. The van der Waals surface area contributed by atoms with E-state index in [4.69, 9.17) is 10.5 Å². The third-order valence-electron chi connectivity index (χ3n) is 6.06. The SMILES string of the molecule is COc1cc(-n2cc(N)cn2)ccc1-c1ccc(N(C)C2CC(C)(C)NC(C)(C)C2)nn1. The minimum Gasteiger partial charge on any atom is -0.496 e. The monoisotopic (exact) mass is 435 g/mol. The lowest BCUT2D eigenvalue weighted by molar-refractivity contribution is 0.160. The molecule has 0 saturated carbocycles. The molecule has 170 valence electrons. The maximum atomic E-state index is 5.79. The maximum absolute atomic E-state index is 5.79. The first-order valence-electron chi connectivity index (χ1n) is 10.9. The van der Waals surface area contributed by atoms with Gasteiger partial charge in [-0.05, 0) is 64.8 Å². The minimum atomic E-state index is 0.0718. The highest BCUT2D eigenvalue weighted by Gasteiger charge is 2.39. The van der Waals surface area contributed by atoms with E-state index in [1.807, 2.05) is 30.3 Å². The van der Waals surface area contributed by atoms with Gasteiger partial charge in [0.05, 0.1) is 36.6 Å². The summed E-state index contributed by atoms with van der Waals surface area (Å²) in [5, 5.41) is 17.1. The largest absolute Gasteiger partial charge is 0.496 e. The van der Waals surface area contributed by atoms with Crippen LogP contribution in [0.2, 0.25) is 0 Å². The van der Waals surface area contributed by atoms with Crippen molar-refractivity contribution in [1.82, 2.24) is 25.3 Å². The molecule has 0 unspecified atom stereocenters. The first-order valence-corrected chi connectivity index (χ1v) is 10.9. The Balaban J connectivity index is 1.57. The lowest BCUT2D eigenvalue weighted by atomic mass is 9.79. The van der Waals surface area contributed by atoms with Crippen LogP contribution in [0.3, 0.4) is 0 Å². The van der Waals surface area contributed by atoms with Gasteiger partial charge < -0.3 is 20.7 Å². The second-order valence-electron chi connectivity index (χ2n) is 9.95. The molecule has 3 aromatic rings. The molecule has 0 amide bonds. The van der Waals surface area contributed by atoms with E-state index < -0.39 is 0 Å². The number of nitrogen functional groups attached to an aromatic ring is 1. The number of nitrogens with one attached hydrogen (secondary N) is 1. The van der Waals surface area contributed by atoms with Crippen LogP contribution in [0.15, 0.2) is 42.7 Å². The molecule has 32 heavy (non-hydrogen) atoms. The fourth-order valence-corrected chi connectivity index (χ4v) is 4.90. The van der Waals surface area contributed by atoms with Crippen molar-refractivity contribution in [2.24, 2.45) is 0 Å². The molecule has 3 N–H and O–H groups in total. The van der Waals surface area contributed by atoms with Crippen molar-refractivity contribution in [3.05, 3.63) is 42.7 Å². The number of nitrogens with zero attached hydrogens (tertiary/aromatic N) is 5. The summed E-state index contributed by atoms with van der Waals surface area (Å²) >= 11 is 0. The summed E-state index contributed by atoms with van der Waals surface area (Å²) in [4.78, 5) is 2.25. The van der Waals surface area contributed by atoms with E-state index in [1.165, 1.54) is 0 Å². The number of piperidine rings is 1. The number of ether oxygens (including phenoxy) is 1. The van der Waals surface area contributed by atoms with Crippen LogP contribution in [0, 0.1) is 0 Å². The molecule has 1 aliphatic heterocycles. The van der Waals surface area contributed by atoms with E-state index in [-0.39, 0.29) is 11.1 Å². The molecule has 1 fully saturated rings. The molecule has 0 bridgehead atoms. The first-order chi connectivity index (χ1) is 15.1. The number of nitrogens with two attached hydrogens (primary N) is 1. The van der Waals surface area contributed by atoms with E-state index in [0.717, 1.165) is 35.6 Å². The van der Waals surface area contributed by atoms with Crippen molar-refractivity contribution in [1.29, 1.82) is 0 Å². The molecule has 0 radical (unpaired) electrons. The molecule has 0 atom stereocenters. The van der Waals surface area contributed by atoms with E-state index in [9.17, 15) is 0 Å². The van der Waals surface area contributed by atoms with E-state index in [1.54, 1.807) is 24.2 Å². The lowest BCUT2D eigenvalue weighted by Gasteiger charge is -2.49. The number of benzene rings is 1. The van der Waals surface area contributed by atoms with Gasteiger partial charge in [-0.15, -0.1) is 10.2 Å². The van der Waals surface area contributed by atoms with Gasteiger partial charge in [-0.25, -0.2) is 4.68 Å². The smallest absolute Gasteiger partial charge is 0.151 e. The molecule has 4 rings (SSSR count). The number of hydrogen-bond donors (Lipinski definition) is 2. The third kappa shape index (κ3) is 4.55. The molecular formula is C24H33N7O. The van der Waals surface area contributed by atoms with Gasteiger partial charge in [0.1, 0.15) is 5.75 Å². The molecule has 2 aromatic heterocycles. The normalized spacial score (nSPS) is 17.8. The van der Waals surface area contributed by atoms with Crippen molar-refractivity contribution in [3.8, 4) is 22.7 Å². The Labute approximate surface area is 189 Å². The summed E-state index contributed by atoms with van der Waals surface area (Å²) in [6.07, 6.45) is 5.47. The topological polar surface area (TPSA) is 94.1 Å². The molecule has 1 saturated heterocycles. The third-order valence-corrected chi connectivity index (χ3v) is 6.06. The predicted molar refractivity (Wildman–Crippen MR) is 128 cm³/mol. The summed E-state index contributed by atoms with van der Waals surface area (Å²) in [5.41, 5.74) is 9.04. The minimum absolute atomic E-state index is 0.0718. The van der Waals surface area contributed by atoms with Gasteiger partial charge >= 0.3 is 0 Å². The van der Waals surface area contributed by atoms with Crippen LogP contribution >= 0.6 is 0 Å². The van der Waals surface area contributed by atoms with E-state index >= 15 is 0 Å². The molecular weight excluding hydrogens is 402 g/mol. The van der Waals surface area contributed by atoms with E-state index in [2.05, 4.69) is 60.3 Å². The van der Waals surface area contributed by atoms with Crippen molar-refractivity contribution >= 4 is 11.5 Å². The zero-order valence-electron chi connectivity index (χ0n) is 19.8. The predicted octanol–water partition coefficient (Wildman–Crippen LogP) is 3.67.